The van der Waals surface area contributed by atoms with Crippen LogP contribution in [0.1, 0.15) is 46.5 Å². The first-order valence-corrected chi connectivity index (χ1v) is 6.22. The summed E-state index contributed by atoms with van der Waals surface area (Å²) in [7, 11) is 0. The number of likely N-dealkylation sites (tertiary alicyclic amines) is 1. The number of rotatable bonds is 1. The van der Waals surface area contributed by atoms with E-state index in [0.29, 0.717) is 17.2 Å². The number of carbonyl (C=O) groups excluding carboxylic acids is 1. The average Bonchev–Trinajstić information content (AvgIpc) is 2.03. The number of Topliss-reactive ketones (excluding diaryl/α,β-unsaturated/α-hetero) is 1. The summed E-state index contributed by atoms with van der Waals surface area (Å²) in [6.07, 6.45) is 3.86. The topological polar surface area (TPSA) is 20.3 Å². The quantitative estimate of drug-likeness (QED) is 0.661. The van der Waals surface area contributed by atoms with Crippen LogP contribution in [0.4, 0.5) is 0 Å². The van der Waals surface area contributed by atoms with E-state index in [9.17, 15) is 4.79 Å². The second-order valence-electron chi connectivity index (χ2n) is 6.29. The van der Waals surface area contributed by atoms with Crippen molar-refractivity contribution in [3.63, 3.8) is 0 Å². The highest BCUT2D eigenvalue weighted by atomic mass is 16.1. The lowest BCUT2D eigenvalue weighted by Gasteiger charge is -2.50. The lowest BCUT2D eigenvalue weighted by molar-refractivity contribution is -0.122. The summed E-state index contributed by atoms with van der Waals surface area (Å²) in [5.41, 5.74) is 0.459. The molecule has 15 heavy (non-hydrogen) atoms. The fourth-order valence-electron chi connectivity index (χ4n) is 2.65. The highest BCUT2D eigenvalue weighted by Gasteiger charge is 2.39. The second kappa shape index (κ2) is 3.89. The van der Waals surface area contributed by atoms with E-state index in [-0.39, 0.29) is 0 Å². The highest BCUT2D eigenvalue weighted by molar-refractivity contribution is 5.79. The van der Waals surface area contributed by atoms with Crippen molar-refractivity contribution in [2.45, 2.75) is 52.5 Å². The molecule has 86 valence electrons. The molecule has 0 spiro atoms. The molecule has 0 atom stereocenters. The summed E-state index contributed by atoms with van der Waals surface area (Å²) >= 11 is 0. The lowest BCUT2D eigenvalue weighted by Crippen LogP contribution is -2.56. The summed E-state index contributed by atoms with van der Waals surface area (Å²) in [6.45, 7) is 9.50. The number of nitrogens with zero attached hydrogens (tertiary/aromatic N) is 1. The van der Waals surface area contributed by atoms with Crippen LogP contribution in [0, 0.1) is 11.3 Å². The van der Waals surface area contributed by atoms with Crippen molar-refractivity contribution in [1.29, 1.82) is 0 Å². The van der Waals surface area contributed by atoms with Crippen molar-refractivity contribution >= 4 is 5.78 Å². The van der Waals surface area contributed by atoms with Crippen molar-refractivity contribution < 1.29 is 4.79 Å². The van der Waals surface area contributed by atoms with Crippen LogP contribution in [0.15, 0.2) is 0 Å². The van der Waals surface area contributed by atoms with Gasteiger partial charge >= 0.3 is 0 Å². The Morgan fingerprint density at radius 2 is 1.67 bits per heavy atom. The van der Waals surface area contributed by atoms with Crippen LogP contribution in [0.5, 0.6) is 0 Å². The summed E-state index contributed by atoms with van der Waals surface area (Å²) in [6, 6.07) is 0.710. The Morgan fingerprint density at radius 1 is 1.13 bits per heavy atom. The molecule has 1 heterocycles. The van der Waals surface area contributed by atoms with Gasteiger partial charge in [-0.2, -0.15) is 0 Å². The van der Waals surface area contributed by atoms with Gasteiger partial charge < -0.3 is 0 Å². The molecule has 0 unspecified atom stereocenters. The third kappa shape index (κ3) is 2.41. The van der Waals surface area contributed by atoms with Gasteiger partial charge in [0.2, 0.25) is 0 Å². The van der Waals surface area contributed by atoms with Crippen molar-refractivity contribution in [2.75, 3.05) is 13.1 Å². The van der Waals surface area contributed by atoms with Gasteiger partial charge in [-0.3, -0.25) is 9.69 Å². The molecule has 2 nitrogen and oxygen atoms in total. The molecule has 2 rings (SSSR count). The zero-order valence-corrected chi connectivity index (χ0v) is 10.3. The molecule has 1 saturated carbocycles. The van der Waals surface area contributed by atoms with E-state index in [0.717, 1.165) is 31.6 Å². The SMILES string of the molecule is CC(C)(C)C1CN(C2CCC(=O)CC2)C1. The van der Waals surface area contributed by atoms with Crippen molar-refractivity contribution in [2.24, 2.45) is 11.3 Å². The third-order valence-electron chi connectivity index (χ3n) is 4.16. The molecule has 2 aliphatic rings. The molecular weight excluding hydrogens is 186 g/mol. The lowest BCUT2D eigenvalue weighted by atomic mass is 9.74. The molecular formula is C13H23NO. The van der Waals surface area contributed by atoms with Crippen LogP contribution in [0.3, 0.4) is 0 Å². The maximum atomic E-state index is 11.1. The van der Waals surface area contributed by atoms with Crippen LogP contribution < -0.4 is 0 Å². The molecule has 0 N–H and O–H groups in total. The number of hydrogen-bond donors (Lipinski definition) is 0. The van der Waals surface area contributed by atoms with Crippen molar-refractivity contribution in [1.82, 2.24) is 4.90 Å². The van der Waals surface area contributed by atoms with Gasteiger partial charge in [-0.25, -0.2) is 0 Å². The van der Waals surface area contributed by atoms with E-state index in [1.165, 1.54) is 13.1 Å². The zero-order chi connectivity index (χ0) is 11.1. The van der Waals surface area contributed by atoms with Crippen LogP contribution in [-0.4, -0.2) is 29.8 Å². The van der Waals surface area contributed by atoms with Gasteiger partial charge in [0.1, 0.15) is 5.78 Å². The largest absolute Gasteiger partial charge is 0.300 e. The second-order valence-corrected chi connectivity index (χ2v) is 6.29. The molecule has 0 aromatic rings. The van der Waals surface area contributed by atoms with Gasteiger partial charge in [0.25, 0.3) is 0 Å². The van der Waals surface area contributed by atoms with E-state index in [4.69, 9.17) is 0 Å². The average molecular weight is 209 g/mol. The fourth-order valence-corrected chi connectivity index (χ4v) is 2.65. The molecule has 0 radical (unpaired) electrons. The molecule has 0 amide bonds. The first-order valence-electron chi connectivity index (χ1n) is 6.22. The molecule has 2 heteroatoms. The maximum Gasteiger partial charge on any atom is 0.133 e. The van der Waals surface area contributed by atoms with Gasteiger partial charge in [-0.05, 0) is 24.2 Å². The summed E-state index contributed by atoms with van der Waals surface area (Å²) in [4.78, 5) is 13.7. The normalized spacial score (nSPS) is 26.7. The predicted molar refractivity (Wildman–Crippen MR) is 61.8 cm³/mol. The monoisotopic (exact) mass is 209 g/mol. The van der Waals surface area contributed by atoms with Crippen LogP contribution >= 0.6 is 0 Å². The standard InChI is InChI=1S/C13H23NO/c1-13(2,3)10-8-14(9-10)11-4-6-12(15)7-5-11/h10-11H,4-9H2,1-3H3. The number of ketones is 1. The molecule has 0 aromatic carbocycles. The molecule has 1 saturated heterocycles. The summed E-state index contributed by atoms with van der Waals surface area (Å²) in [5, 5.41) is 0. The zero-order valence-electron chi connectivity index (χ0n) is 10.3. The molecule has 1 aliphatic heterocycles. The Bertz CT molecular complexity index is 238. The molecule has 2 fully saturated rings. The van der Waals surface area contributed by atoms with E-state index < -0.39 is 0 Å². The van der Waals surface area contributed by atoms with Crippen LogP contribution in [0.2, 0.25) is 0 Å². The van der Waals surface area contributed by atoms with Crippen molar-refractivity contribution in [3.8, 4) is 0 Å². The van der Waals surface area contributed by atoms with E-state index in [1.54, 1.807) is 0 Å². The highest BCUT2D eigenvalue weighted by Crippen LogP contribution is 2.36. The Balaban J connectivity index is 1.77. The number of carbonyl (C=O) groups is 1. The minimum atomic E-state index is 0.459. The van der Waals surface area contributed by atoms with Crippen LogP contribution in [0.25, 0.3) is 0 Å². The van der Waals surface area contributed by atoms with Gasteiger partial charge in [0.05, 0.1) is 0 Å². The maximum absolute atomic E-state index is 11.1. The van der Waals surface area contributed by atoms with Crippen LogP contribution in [-0.2, 0) is 4.79 Å². The fraction of sp³-hybridized carbons (Fsp3) is 0.923. The Kier molecular flexibility index (Phi) is 2.89. The summed E-state index contributed by atoms with van der Waals surface area (Å²) < 4.78 is 0. The van der Waals surface area contributed by atoms with E-state index in [2.05, 4.69) is 25.7 Å². The minimum absolute atomic E-state index is 0.459. The van der Waals surface area contributed by atoms with Gasteiger partial charge in [0, 0.05) is 32.0 Å². The van der Waals surface area contributed by atoms with Crippen molar-refractivity contribution in [3.05, 3.63) is 0 Å². The molecule has 0 bridgehead atoms. The van der Waals surface area contributed by atoms with Gasteiger partial charge in [0.15, 0.2) is 0 Å². The Hall–Kier alpha value is -0.370. The van der Waals surface area contributed by atoms with E-state index >= 15 is 0 Å². The number of hydrogen-bond acceptors (Lipinski definition) is 2. The van der Waals surface area contributed by atoms with E-state index in [1.807, 2.05) is 0 Å². The first-order chi connectivity index (χ1) is 6.97. The smallest absolute Gasteiger partial charge is 0.133 e. The van der Waals surface area contributed by atoms with Gasteiger partial charge in [-0.15, -0.1) is 0 Å². The minimum Gasteiger partial charge on any atom is -0.300 e. The Labute approximate surface area is 93.0 Å². The molecule has 0 aromatic heterocycles. The predicted octanol–water partition coefficient (Wildman–Crippen LogP) is 2.48. The third-order valence-corrected chi connectivity index (χ3v) is 4.16. The first kappa shape index (κ1) is 11.1. The molecule has 1 aliphatic carbocycles. The summed E-state index contributed by atoms with van der Waals surface area (Å²) in [5.74, 6) is 1.33. The Morgan fingerprint density at radius 3 is 2.13 bits per heavy atom. The van der Waals surface area contributed by atoms with Gasteiger partial charge in [-0.1, -0.05) is 20.8 Å².